The number of H-pyrrole nitrogens is 2. The second-order valence-electron chi connectivity index (χ2n) is 5.52. The van der Waals surface area contributed by atoms with Gasteiger partial charge in [-0.3, -0.25) is 4.90 Å². The number of ether oxygens (including phenoxy) is 1. The molecule has 8 heteroatoms. The van der Waals surface area contributed by atoms with Gasteiger partial charge in [0, 0.05) is 32.7 Å². The van der Waals surface area contributed by atoms with Crippen molar-refractivity contribution in [2.75, 3.05) is 39.4 Å². The molecule has 1 fully saturated rings. The molecule has 1 aromatic heterocycles. The summed E-state index contributed by atoms with van der Waals surface area (Å²) in [5.74, 6) is 0. The molecule has 2 heterocycles. The molecule has 0 unspecified atom stereocenters. The summed E-state index contributed by atoms with van der Waals surface area (Å²) in [7, 11) is 0. The van der Waals surface area contributed by atoms with Crippen LogP contribution < -0.4 is 16.3 Å². The number of morpholine rings is 1. The zero-order chi connectivity index (χ0) is 16.1. The topological polar surface area (TPSA) is 102 Å². The predicted octanol–water partition coefficient (Wildman–Crippen LogP) is -0.0124. The van der Waals surface area contributed by atoms with Crippen LogP contribution in [0.5, 0.6) is 0 Å². The first-order valence-electron chi connectivity index (χ1n) is 7.73. The number of fused-ring (bicyclic) bond motifs is 1. The number of hydrogen-bond donors (Lipinski definition) is 4. The van der Waals surface area contributed by atoms with Gasteiger partial charge >= 0.3 is 11.7 Å². The maximum absolute atomic E-state index is 11.8. The second kappa shape index (κ2) is 7.30. The number of nitrogens with one attached hydrogen (secondary N) is 4. The molecule has 3 rings (SSSR count). The molecule has 4 N–H and O–H groups in total. The van der Waals surface area contributed by atoms with Crippen molar-refractivity contribution >= 4 is 17.1 Å². The number of hydrogen-bond acceptors (Lipinski definition) is 4. The Hall–Kier alpha value is -2.32. The molecule has 2 amide bonds. The van der Waals surface area contributed by atoms with Gasteiger partial charge in [0.25, 0.3) is 0 Å². The third kappa shape index (κ3) is 4.33. The van der Waals surface area contributed by atoms with Crippen LogP contribution in [0.15, 0.2) is 23.0 Å². The van der Waals surface area contributed by atoms with Crippen molar-refractivity contribution in [3.63, 3.8) is 0 Å². The zero-order valence-corrected chi connectivity index (χ0v) is 12.9. The highest BCUT2D eigenvalue weighted by molar-refractivity contribution is 5.76. The minimum Gasteiger partial charge on any atom is -0.379 e. The normalized spacial score (nSPS) is 15.7. The molecule has 0 saturated carbocycles. The predicted molar refractivity (Wildman–Crippen MR) is 86.4 cm³/mol. The maximum Gasteiger partial charge on any atom is 0.323 e. The van der Waals surface area contributed by atoms with Crippen molar-refractivity contribution in [1.82, 2.24) is 25.5 Å². The quantitative estimate of drug-likeness (QED) is 0.622. The van der Waals surface area contributed by atoms with Gasteiger partial charge in [0.1, 0.15) is 0 Å². The van der Waals surface area contributed by atoms with E-state index in [1.807, 2.05) is 18.2 Å². The van der Waals surface area contributed by atoms with Crippen molar-refractivity contribution in [3.8, 4) is 0 Å². The lowest BCUT2D eigenvalue weighted by atomic mass is 10.2. The van der Waals surface area contributed by atoms with E-state index < -0.39 is 0 Å². The summed E-state index contributed by atoms with van der Waals surface area (Å²) in [5.41, 5.74) is 2.19. The Labute approximate surface area is 133 Å². The van der Waals surface area contributed by atoms with Gasteiger partial charge in [0.05, 0.1) is 24.2 Å². The summed E-state index contributed by atoms with van der Waals surface area (Å²) in [6, 6.07) is 5.35. The number of benzene rings is 1. The van der Waals surface area contributed by atoms with Crippen molar-refractivity contribution in [2.24, 2.45) is 0 Å². The summed E-state index contributed by atoms with van der Waals surface area (Å²) in [5, 5.41) is 5.66. The van der Waals surface area contributed by atoms with E-state index in [9.17, 15) is 9.59 Å². The molecular formula is C15H21N5O3. The van der Waals surface area contributed by atoms with Crippen molar-refractivity contribution in [2.45, 2.75) is 6.54 Å². The van der Waals surface area contributed by atoms with Crippen molar-refractivity contribution in [1.29, 1.82) is 0 Å². The molecule has 124 valence electrons. The Balaban J connectivity index is 1.41. The van der Waals surface area contributed by atoms with E-state index in [-0.39, 0.29) is 11.7 Å². The van der Waals surface area contributed by atoms with E-state index in [1.54, 1.807) is 0 Å². The average molecular weight is 319 g/mol. The standard InChI is InChI=1S/C15H21N5O3/c21-14(16-3-4-20-5-7-23-8-6-20)17-10-11-1-2-12-13(9-11)19-15(22)18-12/h1-2,9H,3-8,10H2,(H2,16,17,21)(H2,18,19,22). The van der Waals surface area contributed by atoms with Gasteiger partial charge in [-0.1, -0.05) is 6.07 Å². The van der Waals surface area contributed by atoms with Gasteiger partial charge in [-0.2, -0.15) is 0 Å². The van der Waals surface area contributed by atoms with Crippen molar-refractivity contribution in [3.05, 3.63) is 34.2 Å². The fourth-order valence-electron chi connectivity index (χ4n) is 2.59. The fraction of sp³-hybridized carbons (Fsp3) is 0.467. The average Bonchev–Trinajstić information content (AvgIpc) is 2.93. The Kier molecular flexibility index (Phi) is 4.94. The first-order valence-corrected chi connectivity index (χ1v) is 7.73. The molecule has 1 aliphatic rings. The number of carbonyl (C=O) groups excluding carboxylic acids is 1. The van der Waals surface area contributed by atoms with Gasteiger partial charge < -0.3 is 25.3 Å². The number of carbonyl (C=O) groups is 1. The first kappa shape index (κ1) is 15.6. The third-order valence-corrected chi connectivity index (χ3v) is 3.85. The number of aromatic amines is 2. The third-order valence-electron chi connectivity index (χ3n) is 3.85. The highest BCUT2D eigenvalue weighted by Gasteiger charge is 2.10. The van der Waals surface area contributed by atoms with Crippen LogP contribution in [0, 0.1) is 0 Å². The molecule has 8 nitrogen and oxygen atoms in total. The molecule has 0 radical (unpaired) electrons. The lowest BCUT2D eigenvalue weighted by Gasteiger charge is -2.26. The SMILES string of the molecule is O=C(NCCN1CCOCC1)NCc1ccc2[nH]c(=O)[nH]c2c1. The van der Waals surface area contributed by atoms with Crippen LogP contribution in [0.1, 0.15) is 5.56 Å². The largest absolute Gasteiger partial charge is 0.379 e. The van der Waals surface area contributed by atoms with E-state index in [2.05, 4.69) is 25.5 Å². The summed E-state index contributed by atoms with van der Waals surface area (Å²) in [6.07, 6.45) is 0. The van der Waals surface area contributed by atoms with Crippen molar-refractivity contribution < 1.29 is 9.53 Å². The Morgan fingerprint density at radius 2 is 1.96 bits per heavy atom. The number of aromatic nitrogens is 2. The highest BCUT2D eigenvalue weighted by atomic mass is 16.5. The molecule has 0 bridgehead atoms. The Morgan fingerprint density at radius 1 is 1.17 bits per heavy atom. The number of amides is 2. The van der Waals surface area contributed by atoms with E-state index >= 15 is 0 Å². The van der Waals surface area contributed by atoms with Gasteiger partial charge in [0.2, 0.25) is 0 Å². The van der Waals surface area contributed by atoms with Crippen LogP contribution in [-0.2, 0) is 11.3 Å². The van der Waals surface area contributed by atoms with Crippen LogP contribution in [0.4, 0.5) is 4.79 Å². The van der Waals surface area contributed by atoms with E-state index in [0.29, 0.717) is 13.1 Å². The van der Waals surface area contributed by atoms with E-state index in [0.717, 1.165) is 49.4 Å². The smallest absolute Gasteiger partial charge is 0.323 e. The van der Waals surface area contributed by atoms with Gasteiger partial charge in [-0.15, -0.1) is 0 Å². The van der Waals surface area contributed by atoms with E-state index in [1.165, 1.54) is 0 Å². The van der Waals surface area contributed by atoms with Crippen LogP contribution in [0.3, 0.4) is 0 Å². The lowest BCUT2D eigenvalue weighted by molar-refractivity contribution is 0.0387. The minimum atomic E-state index is -0.231. The summed E-state index contributed by atoms with van der Waals surface area (Å²) in [4.78, 5) is 30.7. The van der Waals surface area contributed by atoms with Crippen LogP contribution in [0.2, 0.25) is 0 Å². The first-order chi connectivity index (χ1) is 11.2. The molecule has 23 heavy (non-hydrogen) atoms. The lowest BCUT2D eigenvalue weighted by Crippen LogP contribution is -2.43. The Morgan fingerprint density at radius 3 is 2.78 bits per heavy atom. The molecule has 1 saturated heterocycles. The molecule has 0 aliphatic carbocycles. The van der Waals surface area contributed by atoms with Crippen LogP contribution >= 0.6 is 0 Å². The fourth-order valence-corrected chi connectivity index (χ4v) is 2.59. The van der Waals surface area contributed by atoms with Gasteiger partial charge in [0.15, 0.2) is 0 Å². The molecule has 0 atom stereocenters. The summed E-state index contributed by atoms with van der Waals surface area (Å²) < 4.78 is 5.28. The maximum atomic E-state index is 11.8. The molecule has 0 spiro atoms. The number of rotatable bonds is 5. The second-order valence-corrected chi connectivity index (χ2v) is 5.52. The number of nitrogens with zero attached hydrogens (tertiary/aromatic N) is 1. The highest BCUT2D eigenvalue weighted by Crippen LogP contribution is 2.09. The number of urea groups is 1. The Bertz CT molecular complexity index is 717. The molecular weight excluding hydrogens is 298 g/mol. The number of imidazole rings is 1. The molecule has 1 aromatic carbocycles. The van der Waals surface area contributed by atoms with Crippen LogP contribution in [0.25, 0.3) is 11.0 Å². The van der Waals surface area contributed by atoms with Gasteiger partial charge in [-0.05, 0) is 17.7 Å². The molecule has 1 aliphatic heterocycles. The van der Waals surface area contributed by atoms with Crippen LogP contribution in [-0.4, -0.2) is 60.3 Å². The monoisotopic (exact) mass is 319 g/mol. The van der Waals surface area contributed by atoms with Gasteiger partial charge in [-0.25, -0.2) is 9.59 Å². The minimum absolute atomic E-state index is 0.194. The summed E-state index contributed by atoms with van der Waals surface area (Å²) in [6.45, 7) is 5.19. The summed E-state index contributed by atoms with van der Waals surface area (Å²) >= 11 is 0. The zero-order valence-electron chi connectivity index (χ0n) is 12.9. The van der Waals surface area contributed by atoms with E-state index in [4.69, 9.17) is 4.74 Å². The molecule has 2 aromatic rings.